The lowest BCUT2D eigenvalue weighted by atomic mass is 10.2. The first-order valence-corrected chi connectivity index (χ1v) is 8.20. The van der Waals surface area contributed by atoms with Crippen molar-refractivity contribution in [3.05, 3.63) is 29.8 Å². The maximum atomic E-state index is 12.2. The van der Waals surface area contributed by atoms with Crippen LogP contribution in [-0.4, -0.2) is 47.5 Å². The van der Waals surface area contributed by atoms with E-state index in [4.69, 9.17) is 5.26 Å². The minimum Gasteiger partial charge on any atom is -0.339 e. The predicted octanol–water partition coefficient (Wildman–Crippen LogP) is 1.64. The molecule has 0 bridgehead atoms. The van der Waals surface area contributed by atoms with Crippen molar-refractivity contribution in [2.45, 2.75) is 13.0 Å². The minimum absolute atomic E-state index is 0.0683. The average Bonchev–Trinajstić information content (AvgIpc) is 2.55. The summed E-state index contributed by atoms with van der Waals surface area (Å²) in [6.07, 6.45) is 0. The third-order valence-corrected chi connectivity index (χ3v) is 4.23. The number of nitrogens with zero attached hydrogens (tertiary/aromatic N) is 2. The molecule has 116 valence electrons. The molecule has 22 heavy (non-hydrogen) atoms. The highest BCUT2D eigenvalue weighted by molar-refractivity contribution is 7.99. The van der Waals surface area contributed by atoms with Gasteiger partial charge in [-0.2, -0.15) is 17.0 Å². The molecule has 3 amide bonds. The fraction of sp³-hybridized carbons (Fsp3) is 0.400. The Hall–Kier alpha value is -2.20. The molecule has 0 saturated carbocycles. The molecule has 1 atom stereocenters. The van der Waals surface area contributed by atoms with Crippen LogP contribution in [0.3, 0.4) is 0 Å². The highest BCUT2D eigenvalue weighted by Crippen LogP contribution is 2.11. The van der Waals surface area contributed by atoms with Crippen LogP contribution in [0.4, 0.5) is 10.5 Å². The molecule has 1 aromatic rings. The molecule has 6 nitrogen and oxygen atoms in total. The molecular weight excluding hydrogens is 300 g/mol. The number of benzene rings is 1. The summed E-state index contributed by atoms with van der Waals surface area (Å²) in [4.78, 5) is 25.9. The van der Waals surface area contributed by atoms with Gasteiger partial charge in [0.15, 0.2) is 0 Å². The van der Waals surface area contributed by atoms with Gasteiger partial charge in [0.1, 0.15) is 6.04 Å². The number of rotatable bonds is 3. The maximum Gasteiger partial charge on any atom is 0.319 e. The van der Waals surface area contributed by atoms with E-state index in [1.807, 2.05) is 17.8 Å². The van der Waals surface area contributed by atoms with Gasteiger partial charge in [-0.1, -0.05) is 6.07 Å². The molecule has 1 fully saturated rings. The SMILES string of the molecule is C[C@@H](NC(=O)Nc1cccc(C#N)c1)C(=O)N1CCSCC1. The van der Waals surface area contributed by atoms with Crippen LogP contribution in [0.15, 0.2) is 24.3 Å². The average molecular weight is 318 g/mol. The van der Waals surface area contributed by atoms with Gasteiger partial charge in [0.25, 0.3) is 0 Å². The van der Waals surface area contributed by atoms with E-state index >= 15 is 0 Å². The summed E-state index contributed by atoms with van der Waals surface area (Å²) in [5, 5.41) is 14.1. The van der Waals surface area contributed by atoms with Crippen molar-refractivity contribution in [1.29, 1.82) is 5.26 Å². The van der Waals surface area contributed by atoms with Crippen LogP contribution < -0.4 is 10.6 Å². The van der Waals surface area contributed by atoms with Crippen molar-refractivity contribution >= 4 is 29.4 Å². The standard InChI is InChI=1S/C15H18N4O2S/c1-11(14(20)19-5-7-22-8-6-19)17-15(21)18-13-4-2-3-12(9-13)10-16/h2-4,9,11H,5-8H2,1H3,(H2,17,18,21)/t11-/m1/s1. The summed E-state index contributed by atoms with van der Waals surface area (Å²) in [6, 6.07) is 7.58. The summed E-state index contributed by atoms with van der Waals surface area (Å²) in [6.45, 7) is 3.12. The first kappa shape index (κ1) is 16.2. The van der Waals surface area contributed by atoms with Crippen LogP contribution in [0.5, 0.6) is 0 Å². The lowest BCUT2D eigenvalue weighted by Crippen LogP contribution is -2.50. The zero-order valence-corrected chi connectivity index (χ0v) is 13.2. The molecule has 2 rings (SSSR count). The number of urea groups is 1. The number of nitriles is 1. The number of hydrogen-bond donors (Lipinski definition) is 2. The quantitative estimate of drug-likeness (QED) is 0.887. The van der Waals surface area contributed by atoms with E-state index in [-0.39, 0.29) is 5.91 Å². The molecule has 0 unspecified atom stereocenters. The number of hydrogen-bond acceptors (Lipinski definition) is 4. The van der Waals surface area contributed by atoms with E-state index < -0.39 is 12.1 Å². The molecule has 2 N–H and O–H groups in total. The number of carbonyl (C=O) groups is 2. The van der Waals surface area contributed by atoms with Crippen molar-refractivity contribution in [1.82, 2.24) is 10.2 Å². The zero-order valence-electron chi connectivity index (χ0n) is 12.3. The van der Waals surface area contributed by atoms with E-state index in [9.17, 15) is 9.59 Å². The Balaban J connectivity index is 1.87. The smallest absolute Gasteiger partial charge is 0.319 e. The molecule has 0 spiro atoms. The van der Waals surface area contributed by atoms with E-state index in [0.717, 1.165) is 24.6 Å². The minimum atomic E-state index is -0.581. The summed E-state index contributed by atoms with van der Waals surface area (Å²) in [7, 11) is 0. The Labute approximate surface area is 133 Å². The second-order valence-electron chi connectivity index (χ2n) is 4.95. The first-order valence-electron chi connectivity index (χ1n) is 7.04. The maximum absolute atomic E-state index is 12.2. The van der Waals surface area contributed by atoms with E-state index in [2.05, 4.69) is 10.6 Å². The summed E-state index contributed by atoms with van der Waals surface area (Å²) < 4.78 is 0. The largest absolute Gasteiger partial charge is 0.339 e. The normalized spacial score (nSPS) is 15.5. The molecule has 1 aromatic carbocycles. The monoisotopic (exact) mass is 318 g/mol. The number of thioether (sulfide) groups is 1. The van der Waals surface area contributed by atoms with Gasteiger partial charge in [0.05, 0.1) is 11.6 Å². The highest BCUT2D eigenvalue weighted by atomic mass is 32.2. The van der Waals surface area contributed by atoms with Gasteiger partial charge in [0.2, 0.25) is 5.91 Å². The second-order valence-corrected chi connectivity index (χ2v) is 6.18. The molecule has 7 heteroatoms. The summed E-state index contributed by atoms with van der Waals surface area (Å²) >= 11 is 1.83. The fourth-order valence-electron chi connectivity index (χ4n) is 2.15. The Morgan fingerprint density at radius 1 is 1.36 bits per heavy atom. The Morgan fingerprint density at radius 2 is 2.09 bits per heavy atom. The predicted molar refractivity (Wildman–Crippen MR) is 86.7 cm³/mol. The van der Waals surface area contributed by atoms with Crippen LogP contribution in [0, 0.1) is 11.3 Å². The lowest BCUT2D eigenvalue weighted by molar-refractivity contribution is -0.132. The molecule has 0 aliphatic carbocycles. The third kappa shape index (κ3) is 4.40. The van der Waals surface area contributed by atoms with Crippen molar-refractivity contribution < 1.29 is 9.59 Å². The van der Waals surface area contributed by atoms with Crippen LogP contribution in [0.25, 0.3) is 0 Å². The molecule has 1 saturated heterocycles. The van der Waals surface area contributed by atoms with Crippen molar-refractivity contribution in [3.8, 4) is 6.07 Å². The van der Waals surface area contributed by atoms with Gasteiger partial charge in [0, 0.05) is 30.3 Å². The topological polar surface area (TPSA) is 85.2 Å². The molecule has 1 heterocycles. The van der Waals surface area contributed by atoms with Gasteiger partial charge < -0.3 is 15.5 Å². The van der Waals surface area contributed by atoms with E-state index in [1.165, 1.54) is 0 Å². The van der Waals surface area contributed by atoms with Crippen LogP contribution >= 0.6 is 11.8 Å². The lowest BCUT2D eigenvalue weighted by Gasteiger charge is -2.29. The second kappa shape index (κ2) is 7.71. The van der Waals surface area contributed by atoms with Gasteiger partial charge in [-0.25, -0.2) is 4.79 Å². The van der Waals surface area contributed by atoms with Gasteiger partial charge in [-0.05, 0) is 25.1 Å². The van der Waals surface area contributed by atoms with Crippen molar-refractivity contribution in [2.24, 2.45) is 0 Å². The highest BCUT2D eigenvalue weighted by Gasteiger charge is 2.23. The van der Waals surface area contributed by atoms with Gasteiger partial charge in [-0.3, -0.25) is 4.79 Å². The molecule has 1 aliphatic heterocycles. The number of carbonyl (C=O) groups excluding carboxylic acids is 2. The molecule has 1 aliphatic rings. The number of anilines is 1. The van der Waals surface area contributed by atoms with Gasteiger partial charge >= 0.3 is 6.03 Å². The van der Waals surface area contributed by atoms with E-state index in [1.54, 1.807) is 36.1 Å². The van der Waals surface area contributed by atoms with E-state index in [0.29, 0.717) is 11.3 Å². The first-order chi connectivity index (χ1) is 10.6. The van der Waals surface area contributed by atoms with Crippen LogP contribution in [-0.2, 0) is 4.79 Å². The molecule has 0 radical (unpaired) electrons. The van der Waals surface area contributed by atoms with Gasteiger partial charge in [-0.15, -0.1) is 0 Å². The summed E-state index contributed by atoms with van der Waals surface area (Å²) in [5.74, 6) is 1.80. The Morgan fingerprint density at radius 3 is 2.77 bits per heavy atom. The van der Waals surface area contributed by atoms with Crippen LogP contribution in [0.2, 0.25) is 0 Å². The molecule has 0 aromatic heterocycles. The van der Waals surface area contributed by atoms with Crippen molar-refractivity contribution in [2.75, 3.05) is 29.9 Å². The Kier molecular flexibility index (Phi) is 5.67. The number of nitrogens with one attached hydrogen (secondary N) is 2. The number of amides is 3. The summed E-state index contributed by atoms with van der Waals surface area (Å²) in [5.41, 5.74) is 0.985. The zero-order chi connectivity index (χ0) is 15.9. The molecular formula is C15H18N4O2S. The van der Waals surface area contributed by atoms with Crippen LogP contribution in [0.1, 0.15) is 12.5 Å². The third-order valence-electron chi connectivity index (χ3n) is 3.29. The fourth-order valence-corrected chi connectivity index (χ4v) is 3.05. The Bertz CT molecular complexity index is 593. The van der Waals surface area contributed by atoms with Crippen molar-refractivity contribution in [3.63, 3.8) is 0 Å².